The van der Waals surface area contributed by atoms with E-state index in [1.807, 2.05) is 4.90 Å². The fourth-order valence-electron chi connectivity index (χ4n) is 2.63. The van der Waals surface area contributed by atoms with E-state index in [2.05, 4.69) is 15.6 Å². The molecule has 10 heteroatoms. The molecule has 0 spiro atoms. The first kappa shape index (κ1) is 19.0. The van der Waals surface area contributed by atoms with E-state index >= 15 is 0 Å². The molecule has 3 rings (SSSR count). The van der Waals surface area contributed by atoms with Crippen LogP contribution in [0, 0.1) is 0 Å². The van der Waals surface area contributed by atoms with Crippen LogP contribution in [0.4, 0.5) is 21.9 Å². The van der Waals surface area contributed by atoms with E-state index in [1.165, 1.54) is 18.2 Å². The number of anilines is 3. The van der Waals surface area contributed by atoms with Crippen LogP contribution in [0.2, 0.25) is 0 Å². The van der Waals surface area contributed by atoms with Gasteiger partial charge in [0.05, 0.1) is 29.5 Å². The summed E-state index contributed by atoms with van der Waals surface area (Å²) in [4.78, 5) is 15.9. The average molecular weight is 391 g/mol. The second-order valence-electron chi connectivity index (χ2n) is 5.87. The number of hydrogen-bond donors (Lipinski definition) is 4. The maximum Gasteiger partial charge on any atom is 0.334 e. The number of carbonyl (C=O) groups is 1. The molecule has 0 atom stereocenters. The van der Waals surface area contributed by atoms with E-state index in [0.29, 0.717) is 43.4 Å². The molecule has 0 aromatic heterocycles. The first-order chi connectivity index (χ1) is 13.0. The lowest BCUT2D eigenvalue weighted by molar-refractivity contribution is 0.123. The monoisotopic (exact) mass is 391 g/mol. The number of amides is 2. The summed E-state index contributed by atoms with van der Waals surface area (Å²) in [6.07, 6.45) is 0. The molecular weight excluding hydrogens is 370 g/mol. The number of hydrogen-bond acceptors (Lipinski definition) is 6. The van der Waals surface area contributed by atoms with Crippen molar-refractivity contribution in [2.24, 2.45) is 0 Å². The Morgan fingerprint density at radius 2 is 1.78 bits per heavy atom. The van der Waals surface area contributed by atoms with Gasteiger partial charge in [-0.2, -0.15) is 0 Å². The number of hydrazine groups is 1. The van der Waals surface area contributed by atoms with Crippen LogP contribution in [-0.2, 0) is 14.8 Å². The van der Waals surface area contributed by atoms with Gasteiger partial charge in [-0.3, -0.25) is 5.43 Å². The third kappa shape index (κ3) is 4.88. The molecule has 2 aromatic carbocycles. The van der Waals surface area contributed by atoms with Crippen LogP contribution in [0.1, 0.15) is 0 Å². The Kier molecular flexibility index (Phi) is 5.79. The summed E-state index contributed by atoms with van der Waals surface area (Å²) >= 11 is 0. The summed E-state index contributed by atoms with van der Waals surface area (Å²) < 4.78 is 30.3. The maximum absolute atomic E-state index is 12.5. The predicted molar refractivity (Wildman–Crippen MR) is 103 cm³/mol. The summed E-state index contributed by atoms with van der Waals surface area (Å²) in [6, 6.07) is 12.4. The van der Waals surface area contributed by atoms with Gasteiger partial charge in [0.15, 0.2) is 0 Å². The number of ether oxygens (including phenoxy) is 1. The van der Waals surface area contributed by atoms with Crippen LogP contribution in [0.25, 0.3) is 0 Å². The predicted octanol–water partition coefficient (Wildman–Crippen LogP) is 1.12. The molecule has 0 saturated carbocycles. The molecule has 5 N–H and O–H groups in total. The highest BCUT2D eigenvalue weighted by Gasteiger charge is 2.20. The van der Waals surface area contributed by atoms with Crippen LogP contribution < -0.4 is 26.2 Å². The van der Waals surface area contributed by atoms with Crippen molar-refractivity contribution in [3.63, 3.8) is 0 Å². The van der Waals surface area contributed by atoms with Gasteiger partial charge in [-0.15, -0.1) is 4.83 Å². The van der Waals surface area contributed by atoms with Crippen LogP contribution >= 0.6 is 0 Å². The van der Waals surface area contributed by atoms with Gasteiger partial charge in [0.1, 0.15) is 0 Å². The standard InChI is InChI=1S/C17H21N5O4S/c18-15-7-6-14(12-16(15)22-8-10-26-11-9-22)27(24,25)21-20-17(23)19-13-4-2-1-3-5-13/h1-7,12,21H,8-11,18H2,(H2,19,20,23). The summed E-state index contributed by atoms with van der Waals surface area (Å²) in [5, 5.41) is 2.52. The van der Waals surface area contributed by atoms with E-state index < -0.39 is 16.1 Å². The molecule has 1 saturated heterocycles. The van der Waals surface area contributed by atoms with E-state index in [4.69, 9.17) is 10.5 Å². The molecule has 144 valence electrons. The smallest absolute Gasteiger partial charge is 0.334 e. The van der Waals surface area contributed by atoms with Crippen molar-refractivity contribution in [1.29, 1.82) is 0 Å². The largest absolute Gasteiger partial charge is 0.397 e. The van der Waals surface area contributed by atoms with Gasteiger partial charge in [0, 0.05) is 18.8 Å². The molecule has 2 aromatic rings. The van der Waals surface area contributed by atoms with Crippen molar-refractivity contribution in [3.8, 4) is 0 Å². The number of nitrogens with one attached hydrogen (secondary N) is 3. The number of nitrogens with two attached hydrogens (primary N) is 1. The first-order valence-corrected chi connectivity index (χ1v) is 9.80. The number of morpholine rings is 1. The van der Waals surface area contributed by atoms with Crippen molar-refractivity contribution in [1.82, 2.24) is 10.3 Å². The Labute approximate surface area is 157 Å². The van der Waals surface area contributed by atoms with Gasteiger partial charge < -0.3 is 20.7 Å². The van der Waals surface area contributed by atoms with E-state index in [-0.39, 0.29) is 4.90 Å². The van der Waals surface area contributed by atoms with Crippen LogP contribution in [-0.4, -0.2) is 40.8 Å². The zero-order valence-corrected chi connectivity index (χ0v) is 15.3. The van der Waals surface area contributed by atoms with E-state index in [0.717, 1.165) is 0 Å². The Hall–Kier alpha value is -2.82. The lowest BCUT2D eigenvalue weighted by Crippen LogP contribution is -2.43. The number of para-hydroxylation sites is 1. The minimum Gasteiger partial charge on any atom is -0.397 e. The van der Waals surface area contributed by atoms with Crippen molar-refractivity contribution < 1.29 is 17.9 Å². The van der Waals surface area contributed by atoms with Gasteiger partial charge in [-0.25, -0.2) is 13.2 Å². The molecule has 0 aliphatic carbocycles. The molecule has 0 bridgehead atoms. The fraction of sp³-hybridized carbons (Fsp3) is 0.235. The third-order valence-corrected chi connectivity index (χ3v) is 5.24. The second kappa shape index (κ2) is 8.25. The van der Waals surface area contributed by atoms with Crippen molar-refractivity contribution in [2.45, 2.75) is 4.90 Å². The van der Waals surface area contributed by atoms with Crippen LogP contribution in [0.3, 0.4) is 0 Å². The Morgan fingerprint density at radius 1 is 1.07 bits per heavy atom. The zero-order chi connectivity index (χ0) is 19.3. The number of rotatable bonds is 5. The van der Waals surface area contributed by atoms with Gasteiger partial charge in [0.2, 0.25) is 0 Å². The summed E-state index contributed by atoms with van der Waals surface area (Å²) in [5.41, 5.74) is 9.76. The van der Waals surface area contributed by atoms with Crippen molar-refractivity contribution in [2.75, 3.05) is 42.3 Å². The number of carbonyl (C=O) groups excluding carboxylic acids is 1. The molecule has 1 aliphatic rings. The van der Waals surface area contributed by atoms with Crippen molar-refractivity contribution in [3.05, 3.63) is 48.5 Å². The number of nitrogen functional groups attached to an aromatic ring is 1. The number of benzene rings is 2. The third-order valence-electron chi connectivity index (χ3n) is 3.99. The lowest BCUT2D eigenvalue weighted by Gasteiger charge is -2.30. The zero-order valence-electron chi connectivity index (χ0n) is 14.5. The normalized spacial score (nSPS) is 14.6. The van der Waals surface area contributed by atoms with E-state index in [9.17, 15) is 13.2 Å². The quantitative estimate of drug-likeness (QED) is 0.447. The Balaban J connectivity index is 1.68. The topological polar surface area (TPSA) is 126 Å². The highest BCUT2D eigenvalue weighted by atomic mass is 32.2. The minimum atomic E-state index is -3.96. The molecule has 0 unspecified atom stereocenters. The van der Waals surface area contributed by atoms with Gasteiger partial charge in [0.25, 0.3) is 10.0 Å². The molecule has 1 heterocycles. The molecule has 27 heavy (non-hydrogen) atoms. The molecule has 1 fully saturated rings. The molecular formula is C17H21N5O4S. The summed E-state index contributed by atoms with van der Waals surface area (Å²) in [5.74, 6) is 0. The second-order valence-corrected chi connectivity index (χ2v) is 7.55. The van der Waals surface area contributed by atoms with Crippen LogP contribution in [0.15, 0.2) is 53.4 Å². The summed E-state index contributed by atoms with van der Waals surface area (Å²) in [7, 11) is -3.96. The fourth-order valence-corrected chi connectivity index (χ4v) is 3.48. The SMILES string of the molecule is Nc1ccc(S(=O)(=O)NNC(=O)Nc2ccccc2)cc1N1CCOCC1. The molecule has 2 amide bonds. The molecule has 1 aliphatic heterocycles. The first-order valence-electron chi connectivity index (χ1n) is 8.32. The highest BCUT2D eigenvalue weighted by molar-refractivity contribution is 7.89. The lowest BCUT2D eigenvalue weighted by atomic mass is 10.2. The minimum absolute atomic E-state index is 0.00166. The highest BCUT2D eigenvalue weighted by Crippen LogP contribution is 2.27. The molecule has 0 radical (unpaired) electrons. The van der Waals surface area contributed by atoms with Gasteiger partial charge in [-0.05, 0) is 30.3 Å². The Morgan fingerprint density at radius 3 is 2.48 bits per heavy atom. The Bertz CT molecular complexity index is 899. The number of urea groups is 1. The average Bonchev–Trinajstić information content (AvgIpc) is 2.68. The van der Waals surface area contributed by atoms with Gasteiger partial charge >= 0.3 is 6.03 Å². The maximum atomic E-state index is 12.5. The van der Waals surface area contributed by atoms with E-state index in [1.54, 1.807) is 30.3 Å². The van der Waals surface area contributed by atoms with Crippen LogP contribution in [0.5, 0.6) is 0 Å². The van der Waals surface area contributed by atoms with Crippen molar-refractivity contribution >= 4 is 33.1 Å². The summed E-state index contributed by atoms with van der Waals surface area (Å²) in [6.45, 7) is 2.35. The number of sulfonamides is 1. The van der Waals surface area contributed by atoms with Gasteiger partial charge in [-0.1, -0.05) is 18.2 Å². The number of nitrogens with zero attached hydrogens (tertiary/aromatic N) is 1. The molecule has 9 nitrogen and oxygen atoms in total.